The molecule has 3 aromatic rings. The van der Waals surface area contributed by atoms with Crippen LogP contribution in [-0.2, 0) is 0 Å². The van der Waals surface area contributed by atoms with Gasteiger partial charge in [0.2, 0.25) is 0 Å². The Labute approximate surface area is 205 Å². The van der Waals surface area contributed by atoms with E-state index in [9.17, 15) is 15.3 Å². The summed E-state index contributed by atoms with van der Waals surface area (Å²) in [7, 11) is 0. The van der Waals surface area contributed by atoms with Gasteiger partial charge < -0.3 is 20.1 Å². The molecule has 0 saturated heterocycles. The molecule has 1 atom stereocenters. The Kier molecular flexibility index (Phi) is 9.53. The van der Waals surface area contributed by atoms with Gasteiger partial charge in [-0.05, 0) is 77.1 Å². The topological polar surface area (TPSA) is 69.9 Å². The number of hydrogen-bond acceptors (Lipinski definition) is 4. The lowest BCUT2D eigenvalue weighted by molar-refractivity contribution is 0.200. The maximum atomic E-state index is 11.0. The third kappa shape index (κ3) is 7.35. The van der Waals surface area contributed by atoms with Crippen LogP contribution in [-0.4, -0.2) is 34.6 Å². The van der Waals surface area contributed by atoms with Crippen LogP contribution < -0.4 is 4.74 Å². The summed E-state index contributed by atoms with van der Waals surface area (Å²) < 4.78 is 5.76. The fourth-order valence-electron chi connectivity index (χ4n) is 3.61. The molecule has 1 unspecified atom stereocenters. The Bertz CT molecular complexity index is 1140. The molecule has 3 N–H and O–H groups in total. The van der Waals surface area contributed by atoms with E-state index in [1.165, 1.54) is 6.07 Å². The lowest BCUT2D eigenvalue weighted by atomic mass is 9.93. The first-order valence-corrected chi connectivity index (χ1v) is 11.4. The highest BCUT2D eigenvalue weighted by Crippen LogP contribution is 2.30. The van der Waals surface area contributed by atoms with Gasteiger partial charge in [-0.3, -0.25) is 0 Å². The fourth-order valence-corrected chi connectivity index (χ4v) is 3.83. The first-order chi connectivity index (χ1) is 16.5. The quantitative estimate of drug-likeness (QED) is 0.225. The van der Waals surface area contributed by atoms with E-state index in [1.54, 1.807) is 18.2 Å². The van der Waals surface area contributed by atoms with E-state index in [0.717, 1.165) is 16.7 Å². The van der Waals surface area contributed by atoms with Crippen LogP contribution in [0.3, 0.4) is 0 Å². The molecule has 5 heteroatoms. The van der Waals surface area contributed by atoms with Crippen LogP contribution in [0.1, 0.15) is 24.0 Å². The number of para-hydroxylation sites is 1. The highest BCUT2D eigenvalue weighted by atomic mass is 35.5. The molecule has 0 aliphatic rings. The van der Waals surface area contributed by atoms with E-state index >= 15 is 0 Å². The molecule has 3 rings (SSSR count). The van der Waals surface area contributed by atoms with Crippen LogP contribution in [0, 0.1) is 0 Å². The van der Waals surface area contributed by atoms with E-state index < -0.39 is 6.10 Å². The Morgan fingerprint density at radius 3 is 2.32 bits per heavy atom. The number of aliphatic hydroxyl groups excluding tert-OH is 2. The number of rotatable bonds is 11. The molecule has 0 fully saturated rings. The lowest BCUT2D eigenvalue weighted by Gasteiger charge is -2.19. The fraction of sp³-hybridized carbons (Fsp3) is 0.172. The van der Waals surface area contributed by atoms with Gasteiger partial charge in [0.1, 0.15) is 18.1 Å². The second-order valence-corrected chi connectivity index (χ2v) is 8.25. The minimum absolute atomic E-state index is 0.105. The summed E-state index contributed by atoms with van der Waals surface area (Å²) in [6, 6.07) is 24.1. The van der Waals surface area contributed by atoms with Crippen molar-refractivity contribution in [3.05, 3.63) is 119 Å². The summed E-state index contributed by atoms with van der Waals surface area (Å²) in [4.78, 5) is 0. The van der Waals surface area contributed by atoms with Gasteiger partial charge in [0, 0.05) is 0 Å². The summed E-state index contributed by atoms with van der Waals surface area (Å²) >= 11 is 6.33. The summed E-state index contributed by atoms with van der Waals surface area (Å²) in [6.45, 7) is 4.06. The molecule has 0 heterocycles. The Morgan fingerprint density at radius 2 is 1.68 bits per heavy atom. The maximum absolute atomic E-state index is 11.0. The SMILES string of the molecule is C=C(COc1ccccc1)/C(=C/CO)C(O)CC/C(=C/c1ccc(O)cc1Cl)c1ccccc1. The number of phenolic OH excluding ortho intramolecular Hbond substituents is 1. The van der Waals surface area contributed by atoms with Crippen molar-refractivity contribution in [3.8, 4) is 11.5 Å². The van der Waals surface area contributed by atoms with Crippen molar-refractivity contribution in [1.29, 1.82) is 0 Å². The van der Waals surface area contributed by atoms with Crippen LogP contribution >= 0.6 is 11.6 Å². The van der Waals surface area contributed by atoms with Gasteiger partial charge in [-0.2, -0.15) is 0 Å². The molecule has 3 aromatic carbocycles. The molecule has 0 radical (unpaired) electrons. The minimum atomic E-state index is -0.832. The number of ether oxygens (including phenoxy) is 1. The summed E-state index contributed by atoms with van der Waals surface area (Å²) in [5, 5.41) is 30.6. The predicted octanol–water partition coefficient (Wildman–Crippen LogP) is 6.28. The molecule has 0 saturated carbocycles. The Hall–Kier alpha value is -3.31. The van der Waals surface area contributed by atoms with E-state index in [4.69, 9.17) is 16.3 Å². The number of hydrogen-bond donors (Lipinski definition) is 3. The van der Waals surface area contributed by atoms with Crippen molar-refractivity contribution in [2.45, 2.75) is 18.9 Å². The normalized spacial score (nSPS) is 12.9. The summed E-state index contributed by atoms with van der Waals surface area (Å²) in [6.07, 6.45) is 3.67. The standard InChI is InChI=1S/C29H29ClO4/c1-21(20-34-26-10-6-3-7-11-26)27(16-17-31)29(33)15-13-23(22-8-4-2-5-9-22)18-24-12-14-25(32)19-28(24)30/h2-12,14,16,18-19,29,31-33H,1,13,15,17,20H2/b23-18-,27-16-. The molecular weight excluding hydrogens is 448 g/mol. The van der Waals surface area contributed by atoms with Crippen molar-refractivity contribution < 1.29 is 20.1 Å². The van der Waals surface area contributed by atoms with Crippen LogP contribution in [0.2, 0.25) is 5.02 Å². The molecule has 4 nitrogen and oxygen atoms in total. The number of benzene rings is 3. The summed E-state index contributed by atoms with van der Waals surface area (Å²) in [5.41, 5.74) is 3.95. The van der Waals surface area contributed by atoms with E-state index in [0.29, 0.717) is 34.8 Å². The second kappa shape index (κ2) is 12.8. The molecule has 0 aliphatic carbocycles. The van der Waals surface area contributed by atoms with Crippen molar-refractivity contribution in [3.63, 3.8) is 0 Å². The number of aliphatic hydroxyl groups is 2. The largest absolute Gasteiger partial charge is 0.508 e. The number of aromatic hydroxyl groups is 1. The van der Waals surface area contributed by atoms with Crippen molar-refractivity contribution in [1.82, 2.24) is 0 Å². The van der Waals surface area contributed by atoms with Gasteiger partial charge in [0.25, 0.3) is 0 Å². The number of allylic oxidation sites excluding steroid dienone is 1. The van der Waals surface area contributed by atoms with Gasteiger partial charge in [-0.15, -0.1) is 0 Å². The third-order valence-electron chi connectivity index (χ3n) is 5.38. The molecule has 0 bridgehead atoms. The highest BCUT2D eigenvalue weighted by Gasteiger charge is 2.16. The third-order valence-corrected chi connectivity index (χ3v) is 5.71. The monoisotopic (exact) mass is 476 g/mol. The van der Waals surface area contributed by atoms with Crippen molar-refractivity contribution in [2.75, 3.05) is 13.2 Å². The molecule has 0 amide bonds. The second-order valence-electron chi connectivity index (χ2n) is 7.84. The van der Waals surface area contributed by atoms with Crippen LogP contribution in [0.15, 0.2) is 103 Å². The van der Waals surface area contributed by atoms with Gasteiger partial charge in [-0.1, -0.05) is 72.8 Å². The Morgan fingerprint density at radius 1 is 1.00 bits per heavy atom. The Balaban J connectivity index is 1.75. The average Bonchev–Trinajstić information content (AvgIpc) is 2.85. The first kappa shape index (κ1) is 25.3. The van der Waals surface area contributed by atoms with Gasteiger partial charge >= 0.3 is 0 Å². The molecule has 0 aromatic heterocycles. The number of phenols is 1. The van der Waals surface area contributed by atoms with Crippen molar-refractivity contribution in [2.24, 2.45) is 0 Å². The van der Waals surface area contributed by atoms with E-state index in [2.05, 4.69) is 6.58 Å². The zero-order valence-electron chi connectivity index (χ0n) is 18.9. The molecule has 0 spiro atoms. The molecule has 34 heavy (non-hydrogen) atoms. The van der Waals surface area contributed by atoms with Crippen molar-refractivity contribution >= 4 is 23.3 Å². The summed E-state index contributed by atoms with van der Waals surface area (Å²) in [5.74, 6) is 0.815. The van der Waals surface area contributed by atoms with Crippen LogP contribution in [0.4, 0.5) is 0 Å². The zero-order valence-corrected chi connectivity index (χ0v) is 19.7. The van der Waals surface area contributed by atoms with E-state index in [-0.39, 0.29) is 19.0 Å². The number of halogens is 1. The average molecular weight is 477 g/mol. The van der Waals surface area contributed by atoms with Crippen LogP contribution in [0.25, 0.3) is 11.6 Å². The maximum Gasteiger partial charge on any atom is 0.119 e. The molecule has 0 aliphatic heterocycles. The smallest absolute Gasteiger partial charge is 0.119 e. The highest BCUT2D eigenvalue weighted by molar-refractivity contribution is 6.32. The zero-order chi connectivity index (χ0) is 24.3. The minimum Gasteiger partial charge on any atom is -0.508 e. The first-order valence-electron chi connectivity index (χ1n) is 11.1. The van der Waals surface area contributed by atoms with Gasteiger partial charge in [0.15, 0.2) is 0 Å². The molecule has 176 valence electrons. The van der Waals surface area contributed by atoms with Gasteiger partial charge in [0.05, 0.1) is 17.7 Å². The predicted molar refractivity (Wildman–Crippen MR) is 139 cm³/mol. The van der Waals surface area contributed by atoms with Crippen LogP contribution in [0.5, 0.6) is 11.5 Å². The van der Waals surface area contributed by atoms with E-state index in [1.807, 2.05) is 66.7 Å². The molecular formula is C29H29ClO4. The lowest BCUT2D eigenvalue weighted by Crippen LogP contribution is -2.16. The van der Waals surface area contributed by atoms with Gasteiger partial charge in [-0.25, -0.2) is 0 Å².